The highest BCUT2D eigenvalue weighted by molar-refractivity contribution is 5.78. The number of rotatable bonds is 4. The maximum absolute atomic E-state index is 5.77. The number of aliphatic imine (C=N–C) groups is 1. The molecule has 0 aromatic carbocycles. The molecule has 0 bridgehead atoms. The second-order valence-corrected chi connectivity index (χ2v) is 4.08. The second kappa shape index (κ2) is 4.96. The quantitative estimate of drug-likeness (QED) is 0.590. The number of nitrogens with zero attached hydrogens (tertiary/aromatic N) is 2. The molecule has 1 aliphatic rings. The van der Waals surface area contributed by atoms with Crippen molar-refractivity contribution in [2.24, 2.45) is 10.7 Å². The van der Waals surface area contributed by atoms with Crippen molar-refractivity contribution in [2.45, 2.75) is 38.8 Å². The number of hydrogen-bond donors (Lipinski definition) is 2. The van der Waals surface area contributed by atoms with Crippen LogP contribution in [-0.2, 0) is 13.0 Å². The molecule has 1 saturated carbocycles. The number of aryl methyl sites for hydroxylation is 1. The van der Waals surface area contributed by atoms with Crippen molar-refractivity contribution in [3.05, 3.63) is 29.6 Å². The third kappa shape index (κ3) is 2.95. The van der Waals surface area contributed by atoms with E-state index in [1.165, 1.54) is 18.4 Å². The van der Waals surface area contributed by atoms with Crippen molar-refractivity contribution < 1.29 is 0 Å². The molecule has 0 amide bonds. The Morgan fingerprint density at radius 1 is 1.62 bits per heavy atom. The van der Waals surface area contributed by atoms with Crippen LogP contribution in [0.25, 0.3) is 0 Å². The van der Waals surface area contributed by atoms with Gasteiger partial charge in [0.15, 0.2) is 5.96 Å². The predicted molar refractivity (Wildman–Crippen MR) is 65.1 cm³/mol. The van der Waals surface area contributed by atoms with Gasteiger partial charge in [-0.25, -0.2) is 4.99 Å². The Labute approximate surface area is 96.0 Å². The molecule has 0 aliphatic heterocycles. The molecule has 4 nitrogen and oxygen atoms in total. The molecule has 86 valence electrons. The molecule has 4 heteroatoms. The van der Waals surface area contributed by atoms with Crippen LogP contribution in [-0.4, -0.2) is 17.0 Å². The summed E-state index contributed by atoms with van der Waals surface area (Å²) in [6, 6.07) is 4.60. The van der Waals surface area contributed by atoms with Crippen LogP contribution in [0.5, 0.6) is 0 Å². The molecule has 1 aliphatic carbocycles. The molecule has 0 unspecified atom stereocenters. The first-order chi connectivity index (χ1) is 7.79. The fourth-order valence-corrected chi connectivity index (χ4v) is 1.58. The molecular weight excluding hydrogens is 200 g/mol. The summed E-state index contributed by atoms with van der Waals surface area (Å²) in [6.45, 7) is 2.69. The number of hydrogen-bond acceptors (Lipinski definition) is 2. The Bertz CT molecular complexity index is 382. The van der Waals surface area contributed by atoms with Gasteiger partial charge in [-0.15, -0.1) is 0 Å². The van der Waals surface area contributed by atoms with E-state index in [-0.39, 0.29) is 0 Å². The van der Waals surface area contributed by atoms with E-state index >= 15 is 0 Å². The van der Waals surface area contributed by atoms with Gasteiger partial charge in [-0.2, -0.15) is 0 Å². The molecule has 16 heavy (non-hydrogen) atoms. The Morgan fingerprint density at radius 2 is 2.44 bits per heavy atom. The van der Waals surface area contributed by atoms with Crippen molar-refractivity contribution in [1.29, 1.82) is 0 Å². The van der Waals surface area contributed by atoms with E-state index in [0.29, 0.717) is 18.5 Å². The largest absolute Gasteiger partial charge is 0.370 e. The van der Waals surface area contributed by atoms with Gasteiger partial charge < -0.3 is 11.1 Å². The minimum Gasteiger partial charge on any atom is -0.370 e. The summed E-state index contributed by atoms with van der Waals surface area (Å²) in [5, 5.41) is 3.16. The Morgan fingerprint density at radius 3 is 3.12 bits per heavy atom. The van der Waals surface area contributed by atoms with E-state index in [2.05, 4.69) is 28.3 Å². The zero-order chi connectivity index (χ0) is 11.4. The molecule has 1 heterocycles. The normalized spacial score (nSPS) is 16.2. The lowest BCUT2D eigenvalue weighted by molar-refractivity contribution is 0.864. The van der Waals surface area contributed by atoms with Crippen molar-refractivity contribution >= 4 is 5.96 Å². The Hall–Kier alpha value is -1.58. The highest BCUT2D eigenvalue weighted by Crippen LogP contribution is 2.18. The molecule has 1 fully saturated rings. The van der Waals surface area contributed by atoms with E-state index < -0.39 is 0 Å². The first kappa shape index (κ1) is 10.9. The zero-order valence-corrected chi connectivity index (χ0v) is 9.61. The third-order valence-corrected chi connectivity index (χ3v) is 2.69. The number of nitrogens with one attached hydrogen (secondary N) is 1. The molecule has 1 aromatic heterocycles. The molecule has 0 saturated heterocycles. The first-order valence-corrected chi connectivity index (χ1v) is 5.79. The van der Waals surface area contributed by atoms with Crippen molar-refractivity contribution in [3.8, 4) is 0 Å². The second-order valence-electron chi connectivity index (χ2n) is 4.08. The van der Waals surface area contributed by atoms with Gasteiger partial charge in [-0.05, 0) is 30.9 Å². The van der Waals surface area contributed by atoms with Crippen LogP contribution in [0.2, 0.25) is 0 Å². The Balaban J connectivity index is 1.96. The minimum absolute atomic E-state index is 0.537. The van der Waals surface area contributed by atoms with Gasteiger partial charge in [-0.3, -0.25) is 4.98 Å². The van der Waals surface area contributed by atoms with Crippen molar-refractivity contribution in [3.63, 3.8) is 0 Å². The minimum atomic E-state index is 0.537. The number of guanidine groups is 1. The van der Waals surface area contributed by atoms with Crippen LogP contribution in [0.1, 0.15) is 31.0 Å². The number of pyridine rings is 1. The van der Waals surface area contributed by atoms with E-state index in [1.54, 1.807) is 6.20 Å². The summed E-state index contributed by atoms with van der Waals surface area (Å²) in [5.74, 6) is 0.537. The van der Waals surface area contributed by atoms with Gasteiger partial charge in [0.2, 0.25) is 0 Å². The summed E-state index contributed by atoms with van der Waals surface area (Å²) in [4.78, 5) is 8.63. The van der Waals surface area contributed by atoms with E-state index in [4.69, 9.17) is 5.73 Å². The highest BCUT2D eigenvalue weighted by Gasteiger charge is 2.21. The number of nitrogens with two attached hydrogens (primary N) is 1. The van der Waals surface area contributed by atoms with E-state index in [9.17, 15) is 0 Å². The fraction of sp³-hybridized carbons (Fsp3) is 0.500. The first-order valence-electron chi connectivity index (χ1n) is 5.79. The predicted octanol–water partition coefficient (Wildman–Crippen LogP) is 1.21. The summed E-state index contributed by atoms with van der Waals surface area (Å²) in [6.07, 6.45) is 5.20. The lowest BCUT2D eigenvalue weighted by Gasteiger charge is -2.05. The van der Waals surface area contributed by atoms with Gasteiger partial charge in [0.25, 0.3) is 0 Å². The zero-order valence-electron chi connectivity index (χ0n) is 9.61. The van der Waals surface area contributed by atoms with Gasteiger partial charge >= 0.3 is 0 Å². The summed E-state index contributed by atoms with van der Waals surface area (Å²) in [7, 11) is 0. The van der Waals surface area contributed by atoms with Crippen LogP contribution in [0.15, 0.2) is 23.3 Å². The topological polar surface area (TPSA) is 63.3 Å². The monoisotopic (exact) mass is 218 g/mol. The molecule has 3 N–H and O–H groups in total. The summed E-state index contributed by atoms with van der Waals surface area (Å²) >= 11 is 0. The molecular formula is C12H18N4. The maximum Gasteiger partial charge on any atom is 0.189 e. The van der Waals surface area contributed by atoms with Gasteiger partial charge in [0.1, 0.15) is 0 Å². The molecule has 0 atom stereocenters. The van der Waals surface area contributed by atoms with E-state index in [1.807, 2.05) is 6.07 Å². The van der Waals surface area contributed by atoms with Gasteiger partial charge in [0.05, 0.1) is 12.2 Å². The molecule has 0 spiro atoms. The van der Waals surface area contributed by atoms with Crippen LogP contribution in [0, 0.1) is 0 Å². The van der Waals surface area contributed by atoms with Gasteiger partial charge in [0, 0.05) is 12.2 Å². The lowest BCUT2D eigenvalue weighted by atomic mass is 10.1. The lowest BCUT2D eigenvalue weighted by Crippen LogP contribution is -2.33. The molecule has 1 aromatic rings. The molecule has 0 radical (unpaired) electrons. The molecule has 2 rings (SSSR count). The van der Waals surface area contributed by atoms with E-state index in [0.717, 1.165) is 12.1 Å². The smallest absolute Gasteiger partial charge is 0.189 e. The number of aromatic nitrogens is 1. The highest BCUT2D eigenvalue weighted by atomic mass is 15.1. The fourth-order valence-electron chi connectivity index (χ4n) is 1.58. The SMILES string of the molecule is CCc1cccnc1CN=C(N)NC1CC1. The maximum atomic E-state index is 5.77. The van der Waals surface area contributed by atoms with Crippen molar-refractivity contribution in [2.75, 3.05) is 0 Å². The van der Waals surface area contributed by atoms with Crippen molar-refractivity contribution in [1.82, 2.24) is 10.3 Å². The van der Waals surface area contributed by atoms with Crippen LogP contribution >= 0.6 is 0 Å². The van der Waals surface area contributed by atoms with Crippen LogP contribution < -0.4 is 11.1 Å². The van der Waals surface area contributed by atoms with Crippen LogP contribution in [0.3, 0.4) is 0 Å². The Kier molecular flexibility index (Phi) is 3.39. The third-order valence-electron chi connectivity index (χ3n) is 2.69. The average molecular weight is 218 g/mol. The average Bonchev–Trinajstić information content (AvgIpc) is 3.10. The summed E-state index contributed by atoms with van der Waals surface area (Å²) < 4.78 is 0. The van der Waals surface area contributed by atoms with Crippen LogP contribution in [0.4, 0.5) is 0 Å². The standard InChI is InChI=1S/C12H18N4/c1-2-9-4-3-7-14-11(9)8-15-12(13)16-10-5-6-10/h3-4,7,10H,2,5-6,8H2,1H3,(H3,13,15,16). The van der Waals surface area contributed by atoms with Gasteiger partial charge in [-0.1, -0.05) is 13.0 Å². The summed E-state index contributed by atoms with van der Waals surface area (Å²) in [5.41, 5.74) is 8.03.